The highest BCUT2D eigenvalue weighted by atomic mass is 16.5. The van der Waals surface area contributed by atoms with Crippen LogP contribution in [0.25, 0.3) is 0 Å². The van der Waals surface area contributed by atoms with Gasteiger partial charge in [-0.05, 0) is 37.2 Å². The molecule has 0 amide bonds. The predicted octanol–water partition coefficient (Wildman–Crippen LogP) is 3.31. The molecule has 2 rings (SSSR count). The maximum atomic E-state index is 6.63. The minimum absolute atomic E-state index is 0.210. The van der Waals surface area contributed by atoms with E-state index in [0.29, 0.717) is 5.92 Å². The molecule has 3 atom stereocenters. The Morgan fingerprint density at radius 3 is 2.59 bits per heavy atom. The molecule has 17 heavy (non-hydrogen) atoms. The zero-order valence-electron chi connectivity index (χ0n) is 11.1. The van der Waals surface area contributed by atoms with Gasteiger partial charge in [0.2, 0.25) is 0 Å². The molecule has 94 valence electrons. The Morgan fingerprint density at radius 1 is 1.24 bits per heavy atom. The quantitative estimate of drug-likeness (QED) is 0.850. The van der Waals surface area contributed by atoms with E-state index in [9.17, 15) is 0 Å². The highest BCUT2D eigenvalue weighted by Crippen LogP contribution is 2.43. The van der Waals surface area contributed by atoms with Crippen LogP contribution in [0, 0.1) is 11.8 Å². The molecule has 0 heterocycles. The van der Waals surface area contributed by atoms with Crippen LogP contribution in [0.1, 0.15) is 38.7 Å². The maximum absolute atomic E-state index is 6.63. The Labute approximate surface area is 104 Å². The molecule has 2 N–H and O–H groups in total. The van der Waals surface area contributed by atoms with Crippen molar-refractivity contribution < 1.29 is 4.74 Å². The average molecular weight is 233 g/mol. The van der Waals surface area contributed by atoms with Gasteiger partial charge in [0, 0.05) is 11.1 Å². The van der Waals surface area contributed by atoms with Gasteiger partial charge in [-0.1, -0.05) is 32.0 Å². The lowest BCUT2D eigenvalue weighted by atomic mass is 9.69. The topological polar surface area (TPSA) is 35.2 Å². The summed E-state index contributed by atoms with van der Waals surface area (Å²) >= 11 is 0. The molecule has 1 fully saturated rings. The monoisotopic (exact) mass is 233 g/mol. The summed E-state index contributed by atoms with van der Waals surface area (Å²) in [5, 5.41) is 0. The molecule has 2 nitrogen and oxygen atoms in total. The second-order valence-electron chi connectivity index (χ2n) is 5.55. The third-order valence-electron chi connectivity index (χ3n) is 4.35. The number of rotatable bonds is 2. The van der Waals surface area contributed by atoms with Crippen molar-refractivity contribution in [2.75, 3.05) is 7.11 Å². The summed E-state index contributed by atoms with van der Waals surface area (Å²) in [6.45, 7) is 4.63. The van der Waals surface area contributed by atoms with Gasteiger partial charge in [0.05, 0.1) is 7.11 Å². The Bertz CT molecular complexity index is 390. The van der Waals surface area contributed by atoms with Crippen LogP contribution in [0.5, 0.6) is 5.75 Å². The first-order valence-corrected chi connectivity index (χ1v) is 6.49. The van der Waals surface area contributed by atoms with Gasteiger partial charge >= 0.3 is 0 Å². The Kier molecular flexibility index (Phi) is 3.43. The van der Waals surface area contributed by atoms with Gasteiger partial charge < -0.3 is 10.5 Å². The zero-order chi connectivity index (χ0) is 12.5. The molecule has 1 aromatic carbocycles. The molecule has 0 radical (unpaired) electrons. The molecule has 0 saturated heterocycles. The van der Waals surface area contributed by atoms with E-state index < -0.39 is 0 Å². The highest BCUT2D eigenvalue weighted by molar-refractivity contribution is 5.39. The van der Waals surface area contributed by atoms with Crippen molar-refractivity contribution >= 4 is 0 Å². The fourth-order valence-electron chi connectivity index (χ4n) is 2.95. The molecular weight excluding hydrogens is 210 g/mol. The number of nitrogens with two attached hydrogens (primary N) is 1. The third kappa shape index (κ3) is 2.32. The average Bonchev–Trinajstić information content (AvgIpc) is 2.34. The Balaban J connectivity index is 2.32. The SMILES string of the molecule is COc1ccccc1C1(N)CCC(C)C(C)C1. The largest absolute Gasteiger partial charge is 0.496 e. The van der Waals surface area contributed by atoms with Gasteiger partial charge in [0.25, 0.3) is 0 Å². The lowest BCUT2D eigenvalue weighted by Gasteiger charge is -2.41. The van der Waals surface area contributed by atoms with E-state index in [-0.39, 0.29) is 5.54 Å². The molecule has 1 aliphatic carbocycles. The zero-order valence-corrected chi connectivity index (χ0v) is 11.1. The summed E-state index contributed by atoms with van der Waals surface area (Å²) < 4.78 is 5.45. The van der Waals surface area contributed by atoms with Crippen LogP contribution >= 0.6 is 0 Å². The maximum Gasteiger partial charge on any atom is 0.123 e. The summed E-state index contributed by atoms with van der Waals surface area (Å²) in [5.74, 6) is 2.39. The first-order chi connectivity index (χ1) is 8.07. The molecule has 3 unspecified atom stereocenters. The van der Waals surface area contributed by atoms with E-state index >= 15 is 0 Å². The summed E-state index contributed by atoms with van der Waals surface area (Å²) in [5.41, 5.74) is 7.59. The van der Waals surface area contributed by atoms with Gasteiger partial charge in [-0.2, -0.15) is 0 Å². The summed E-state index contributed by atoms with van der Waals surface area (Å²) in [7, 11) is 1.72. The van der Waals surface area contributed by atoms with Crippen LogP contribution < -0.4 is 10.5 Å². The molecular formula is C15H23NO. The molecule has 0 bridgehead atoms. The summed E-state index contributed by atoms with van der Waals surface area (Å²) in [4.78, 5) is 0. The molecule has 1 saturated carbocycles. The highest BCUT2D eigenvalue weighted by Gasteiger charge is 2.37. The van der Waals surface area contributed by atoms with Gasteiger partial charge in [-0.15, -0.1) is 0 Å². The molecule has 0 aliphatic heterocycles. The van der Waals surface area contributed by atoms with Crippen molar-refractivity contribution in [2.24, 2.45) is 17.6 Å². The number of methoxy groups -OCH3 is 1. The summed E-state index contributed by atoms with van der Waals surface area (Å²) in [6, 6.07) is 8.17. The van der Waals surface area contributed by atoms with Crippen LogP contribution in [0.2, 0.25) is 0 Å². The molecule has 1 aromatic rings. The van der Waals surface area contributed by atoms with Crippen molar-refractivity contribution in [1.29, 1.82) is 0 Å². The number of hydrogen-bond acceptors (Lipinski definition) is 2. The van der Waals surface area contributed by atoms with E-state index in [1.807, 2.05) is 12.1 Å². The van der Waals surface area contributed by atoms with Crippen molar-refractivity contribution in [3.8, 4) is 5.75 Å². The van der Waals surface area contributed by atoms with Crippen molar-refractivity contribution in [2.45, 2.75) is 38.6 Å². The molecule has 0 spiro atoms. The van der Waals surface area contributed by atoms with E-state index in [0.717, 1.165) is 24.5 Å². The smallest absolute Gasteiger partial charge is 0.123 e. The fraction of sp³-hybridized carbons (Fsp3) is 0.600. The minimum Gasteiger partial charge on any atom is -0.496 e. The predicted molar refractivity (Wildman–Crippen MR) is 71.0 cm³/mol. The standard InChI is InChI=1S/C15H23NO/c1-11-8-9-15(16,10-12(11)2)13-6-4-5-7-14(13)17-3/h4-7,11-12H,8-10,16H2,1-3H3. The lowest BCUT2D eigenvalue weighted by molar-refractivity contribution is 0.173. The minimum atomic E-state index is -0.210. The second kappa shape index (κ2) is 4.69. The van der Waals surface area contributed by atoms with Crippen LogP contribution in [-0.4, -0.2) is 7.11 Å². The van der Waals surface area contributed by atoms with Crippen molar-refractivity contribution in [3.05, 3.63) is 29.8 Å². The normalized spacial score (nSPS) is 33.4. The summed E-state index contributed by atoms with van der Waals surface area (Å²) in [6.07, 6.45) is 3.31. The number of ether oxygens (including phenoxy) is 1. The van der Waals surface area contributed by atoms with Gasteiger partial charge in [0.1, 0.15) is 5.75 Å². The Hall–Kier alpha value is -1.02. The van der Waals surface area contributed by atoms with Crippen LogP contribution in [0.4, 0.5) is 0 Å². The number of para-hydroxylation sites is 1. The van der Waals surface area contributed by atoms with E-state index in [1.165, 1.54) is 12.0 Å². The molecule has 2 heteroatoms. The van der Waals surface area contributed by atoms with Crippen LogP contribution in [0.3, 0.4) is 0 Å². The molecule has 0 aromatic heterocycles. The third-order valence-corrected chi connectivity index (χ3v) is 4.35. The second-order valence-corrected chi connectivity index (χ2v) is 5.55. The van der Waals surface area contributed by atoms with E-state index in [4.69, 9.17) is 10.5 Å². The lowest BCUT2D eigenvalue weighted by Crippen LogP contribution is -2.43. The van der Waals surface area contributed by atoms with Crippen molar-refractivity contribution in [1.82, 2.24) is 0 Å². The van der Waals surface area contributed by atoms with E-state index in [2.05, 4.69) is 26.0 Å². The first-order valence-electron chi connectivity index (χ1n) is 6.49. The number of benzene rings is 1. The Morgan fingerprint density at radius 2 is 1.94 bits per heavy atom. The van der Waals surface area contributed by atoms with Crippen LogP contribution in [0.15, 0.2) is 24.3 Å². The molecule has 1 aliphatic rings. The number of hydrogen-bond donors (Lipinski definition) is 1. The van der Waals surface area contributed by atoms with Gasteiger partial charge in [-0.25, -0.2) is 0 Å². The van der Waals surface area contributed by atoms with Crippen molar-refractivity contribution in [3.63, 3.8) is 0 Å². The van der Waals surface area contributed by atoms with E-state index in [1.54, 1.807) is 7.11 Å². The van der Waals surface area contributed by atoms with Crippen LogP contribution in [-0.2, 0) is 5.54 Å². The fourth-order valence-corrected chi connectivity index (χ4v) is 2.95. The first kappa shape index (κ1) is 12.4. The van der Waals surface area contributed by atoms with Gasteiger partial charge in [0.15, 0.2) is 0 Å². The van der Waals surface area contributed by atoms with Gasteiger partial charge in [-0.3, -0.25) is 0 Å².